The lowest BCUT2D eigenvalue weighted by Gasteiger charge is -2.20. The predicted octanol–water partition coefficient (Wildman–Crippen LogP) is 2.38. The number of carbonyl (C=O) groups excluding carboxylic acids is 2. The van der Waals surface area contributed by atoms with Gasteiger partial charge in [-0.2, -0.15) is 0 Å². The summed E-state index contributed by atoms with van der Waals surface area (Å²) < 4.78 is 0. The van der Waals surface area contributed by atoms with E-state index in [1.54, 1.807) is 0 Å². The van der Waals surface area contributed by atoms with Crippen molar-refractivity contribution in [2.24, 2.45) is 5.92 Å². The highest BCUT2D eigenvalue weighted by Crippen LogP contribution is 2.22. The molecule has 0 fully saturated rings. The number of amides is 2. The van der Waals surface area contributed by atoms with Crippen molar-refractivity contribution in [3.63, 3.8) is 0 Å². The normalized spacial score (nSPS) is 12.1. The molecule has 3 rings (SSSR count). The number of para-hydroxylation sites is 2. The minimum Gasteiger partial charge on any atom is -0.351 e. The molecule has 3 N–H and O–H groups in total. The fraction of sp³-hybridized carbons (Fsp3) is 0.350. The van der Waals surface area contributed by atoms with E-state index in [-0.39, 0.29) is 29.5 Å². The molecule has 2 amide bonds. The fourth-order valence-electron chi connectivity index (χ4n) is 2.87. The maximum atomic E-state index is 12.4. The van der Waals surface area contributed by atoms with Crippen molar-refractivity contribution >= 4 is 22.8 Å². The van der Waals surface area contributed by atoms with E-state index in [9.17, 15) is 9.59 Å². The summed E-state index contributed by atoms with van der Waals surface area (Å²) in [4.78, 5) is 40.0. The number of aromatic nitrogens is 4. The van der Waals surface area contributed by atoms with Crippen LogP contribution in [0.1, 0.15) is 49.0 Å². The van der Waals surface area contributed by atoms with Crippen LogP contribution in [0.5, 0.6) is 0 Å². The zero-order valence-electron chi connectivity index (χ0n) is 16.0. The summed E-state index contributed by atoms with van der Waals surface area (Å²) in [6.45, 7) is 4.47. The van der Waals surface area contributed by atoms with E-state index in [0.717, 1.165) is 16.9 Å². The van der Waals surface area contributed by atoms with Crippen LogP contribution in [0.2, 0.25) is 0 Å². The van der Waals surface area contributed by atoms with Crippen molar-refractivity contribution < 1.29 is 9.59 Å². The average Bonchev–Trinajstić information content (AvgIpc) is 3.13. The summed E-state index contributed by atoms with van der Waals surface area (Å²) in [6.07, 6.45) is 5.22. The van der Waals surface area contributed by atoms with Crippen molar-refractivity contribution in [1.29, 1.82) is 0 Å². The summed E-state index contributed by atoms with van der Waals surface area (Å²) in [7, 11) is 0. The Morgan fingerprint density at radius 1 is 1.18 bits per heavy atom. The maximum Gasteiger partial charge on any atom is 0.271 e. The Morgan fingerprint density at radius 2 is 2.00 bits per heavy atom. The minimum atomic E-state index is -0.296. The van der Waals surface area contributed by atoms with E-state index in [0.29, 0.717) is 19.4 Å². The zero-order chi connectivity index (χ0) is 19.9. The third kappa shape index (κ3) is 4.91. The van der Waals surface area contributed by atoms with Crippen molar-refractivity contribution in [3.05, 3.63) is 54.4 Å². The molecule has 8 nitrogen and oxygen atoms in total. The molecule has 28 heavy (non-hydrogen) atoms. The molecule has 3 aromatic rings. The highest BCUT2D eigenvalue weighted by atomic mass is 16.2. The fourth-order valence-corrected chi connectivity index (χ4v) is 2.87. The number of nitrogens with one attached hydrogen (secondary N) is 3. The molecule has 2 heterocycles. The van der Waals surface area contributed by atoms with Crippen LogP contribution in [-0.2, 0) is 4.79 Å². The molecule has 146 valence electrons. The molecule has 8 heteroatoms. The summed E-state index contributed by atoms with van der Waals surface area (Å²) >= 11 is 0. The largest absolute Gasteiger partial charge is 0.351 e. The number of carbonyl (C=O) groups is 2. The second-order valence-corrected chi connectivity index (χ2v) is 6.88. The third-order valence-corrected chi connectivity index (χ3v) is 4.35. The van der Waals surface area contributed by atoms with E-state index in [1.165, 1.54) is 18.6 Å². The van der Waals surface area contributed by atoms with Crippen molar-refractivity contribution in [2.75, 3.05) is 6.54 Å². The SMILES string of the molecule is CC(C)[C@@H](NC(=O)CCCNC(=O)c1cnccn1)c1nc2ccccc2[nH]1. The minimum absolute atomic E-state index is 0.0760. The summed E-state index contributed by atoms with van der Waals surface area (Å²) in [5.41, 5.74) is 2.09. The number of benzene rings is 1. The van der Waals surface area contributed by atoms with Gasteiger partial charge in [-0.3, -0.25) is 14.6 Å². The number of imidazole rings is 1. The first-order valence-corrected chi connectivity index (χ1v) is 9.33. The number of rotatable bonds is 8. The molecular weight excluding hydrogens is 356 g/mol. The van der Waals surface area contributed by atoms with Gasteiger partial charge in [0.2, 0.25) is 5.91 Å². The molecule has 0 saturated heterocycles. The van der Waals surface area contributed by atoms with Gasteiger partial charge in [-0.25, -0.2) is 9.97 Å². The van der Waals surface area contributed by atoms with Crippen molar-refractivity contribution in [1.82, 2.24) is 30.6 Å². The second-order valence-electron chi connectivity index (χ2n) is 6.88. The monoisotopic (exact) mass is 380 g/mol. The summed E-state index contributed by atoms with van der Waals surface area (Å²) in [5.74, 6) is 0.560. The lowest BCUT2D eigenvalue weighted by molar-refractivity contribution is -0.122. The van der Waals surface area contributed by atoms with E-state index in [4.69, 9.17) is 0 Å². The van der Waals surface area contributed by atoms with Crippen molar-refractivity contribution in [2.45, 2.75) is 32.7 Å². The van der Waals surface area contributed by atoms with Crippen LogP contribution in [0.3, 0.4) is 0 Å². The van der Waals surface area contributed by atoms with Crippen LogP contribution in [0.4, 0.5) is 0 Å². The molecule has 0 aliphatic rings. The Balaban J connectivity index is 1.50. The van der Waals surface area contributed by atoms with Crippen LogP contribution in [0.15, 0.2) is 42.9 Å². The molecule has 2 aromatic heterocycles. The lowest BCUT2D eigenvalue weighted by atomic mass is 10.0. The van der Waals surface area contributed by atoms with Crippen LogP contribution < -0.4 is 10.6 Å². The number of hydrogen-bond donors (Lipinski definition) is 3. The van der Waals surface area contributed by atoms with Gasteiger partial charge in [0.05, 0.1) is 23.3 Å². The van der Waals surface area contributed by atoms with Crippen LogP contribution in [0.25, 0.3) is 11.0 Å². The van der Waals surface area contributed by atoms with Crippen molar-refractivity contribution in [3.8, 4) is 0 Å². The average molecular weight is 380 g/mol. The van der Waals surface area contributed by atoms with E-state index in [2.05, 4.69) is 30.6 Å². The standard InChI is InChI=1S/C20H24N6O2/c1-13(2)18(19-24-14-6-3-4-7-15(14)25-19)26-17(27)8-5-9-23-20(28)16-12-21-10-11-22-16/h3-4,6-7,10-13,18H,5,8-9H2,1-2H3,(H,23,28)(H,24,25)(H,26,27)/t18-/m1/s1. The van der Waals surface area contributed by atoms with Crippen LogP contribution in [-0.4, -0.2) is 38.3 Å². The Bertz CT molecular complexity index is 905. The van der Waals surface area contributed by atoms with Gasteiger partial charge in [-0.05, 0) is 24.5 Å². The van der Waals surface area contributed by atoms with Gasteiger partial charge < -0.3 is 15.6 Å². The Hall–Kier alpha value is -3.29. The molecule has 1 aromatic carbocycles. The number of aromatic amines is 1. The number of fused-ring (bicyclic) bond motifs is 1. The van der Waals surface area contributed by atoms with Crippen LogP contribution in [0, 0.1) is 5.92 Å². The number of H-pyrrole nitrogens is 1. The predicted molar refractivity (Wildman–Crippen MR) is 105 cm³/mol. The maximum absolute atomic E-state index is 12.4. The van der Waals surface area contributed by atoms with Gasteiger partial charge in [-0.15, -0.1) is 0 Å². The van der Waals surface area contributed by atoms with Gasteiger partial charge >= 0.3 is 0 Å². The van der Waals surface area contributed by atoms with E-state index >= 15 is 0 Å². The summed E-state index contributed by atoms with van der Waals surface area (Å²) in [5, 5.41) is 5.79. The number of nitrogens with zero attached hydrogens (tertiary/aromatic N) is 3. The highest BCUT2D eigenvalue weighted by molar-refractivity contribution is 5.91. The second kappa shape index (κ2) is 9.07. The van der Waals surface area contributed by atoms with Gasteiger partial charge in [-0.1, -0.05) is 26.0 Å². The molecule has 0 radical (unpaired) electrons. The molecule has 0 spiro atoms. The van der Waals surface area contributed by atoms with E-state index in [1.807, 2.05) is 38.1 Å². The Labute approximate surface area is 163 Å². The number of hydrogen-bond acceptors (Lipinski definition) is 5. The smallest absolute Gasteiger partial charge is 0.271 e. The third-order valence-electron chi connectivity index (χ3n) is 4.35. The van der Waals surface area contributed by atoms with E-state index < -0.39 is 0 Å². The van der Waals surface area contributed by atoms with Gasteiger partial charge in [0, 0.05) is 25.4 Å². The highest BCUT2D eigenvalue weighted by Gasteiger charge is 2.21. The Morgan fingerprint density at radius 3 is 2.71 bits per heavy atom. The quantitative estimate of drug-likeness (QED) is 0.519. The molecule has 1 atom stereocenters. The Kier molecular flexibility index (Phi) is 6.31. The zero-order valence-corrected chi connectivity index (χ0v) is 16.0. The molecule has 0 aliphatic carbocycles. The first kappa shape index (κ1) is 19.5. The first-order chi connectivity index (χ1) is 13.5. The topological polar surface area (TPSA) is 113 Å². The molecule has 0 saturated carbocycles. The van der Waals surface area contributed by atoms with Crippen LogP contribution >= 0.6 is 0 Å². The van der Waals surface area contributed by atoms with Gasteiger partial charge in [0.1, 0.15) is 11.5 Å². The van der Waals surface area contributed by atoms with Gasteiger partial charge in [0.15, 0.2) is 0 Å². The molecule has 0 aliphatic heterocycles. The molecule has 0 unspecified atom stereocenters. The lowest BCUT2D eigenvalue weighted by Crippen LogP contribution is -2.33. The first-order valence-electron chi connectivity index (χ1n) is 9.33. The molecule has 0 bridgehead atoms. The van der Waals surface area contributed by atoms with Gasteiger partial charge in [0.25, 0.3) is 5.91 Å². The molecular formula is C20H24N6O2. The summed E-state index contributed by atoms with van der Waals surface area (Å²) in [6, 6.07) is 7.58.